The van der Waals surface area contributed by atoms with E-state index >= 15 is 0 Å². The summed E-state index contributed by atoms with van der Waals surface area (Å²) >= 11 is 0. The van der Waals surface area contributed by atoms with Gasteiger partial charge in [-0.3, -0.25) is 40.9 Å². The van der Waals surface area contributed by atoms with Crippen molar-refractivity contribution < 1.29 is 29.4 Å². The minimum absolute atomic E-state index is 0.0649. The van der Waals surface area contributed by atoms with Crippen LogP contribution in [0, 0.1) is 11.8 Å². The summed E-state index contributed by atoms with van der Waals surface area (Å²) in [4.78, 5) is 53.4. The van der Waals surface area contributed by atoms with Gasteiger partial charge in [0, 0.05) is 0 Å². The minimum Gasteiger partial charge on any atom is -0.507 e. The maximum Gasteiger partial charge on any atom is 0.273 e. The summed E-state index contributed by atoms with van der Waals surface area (Å²) in [5, 5.41) is 21.7. The Morgan fingerprint density at radius 3 is 1.29 bits per heavy atom. The number of para-hydroxylation sites is 2. The lowest BCUT2D eigenvalue weighted by Gasteiger charge is -2.26. The van der Waals surface area contributed by atoms with E-state index in [9.17, 15) is 29.4 Å². The predicted octanol–water partition coefficient (Wildman–Crippen LogP) is 8.74. The molecule has 0 radical (unpaired) electrons. The highest BCUT2D eigenvalue weighted by atomic mass is 16.3. The zero-order valence-electron chi connectivity index (χ0n) is 32.3. The van der Waals surface area contributed by atoms with Crippen LogP contribution in [-0.4, -0.2) is 33.8 Å². The van der Waals surface area contributed by atoms with Crippen LogP contribution in [0.1, 0.15) is 175 Å². The van der Waals surface area contributed by atoms with Crippen molar-refractivity contribution in [3.63, 3.8) is 0 Å². The summed E-state index contributed by atoms with van der Waals surface area (Å²) in [6, 6.07) is 10.1. The van der Waals surface area contributed by atoms with Crippen LogP contribution in [0.5, 0.6) is 11.5 Å². The molecule has 0 aliphatic rings. The van der Waals surface area contributed by atoms with Gasteiger partial charge in [-0.2, -0.15) is 0 Å². The van der Waals surface area contributed by atoms with Crippen molar-refractivity contribution in [2.75, 3.05) is 0 Å². The smallest absolute Gasteiger partial charge is 0.273 e. The molecule has 0 heterocycles. The van der Waals surface area contributed by atoms with Gasteiger partial charge in [0.25, 0.3) is 11.8 Å². The van der Waals surface area contributed by atoms with Gasteiger partial charge in [-0.05, 0) is 61.8 Å². The van der Waals surface area contributed by atoms with E-state index in [0.717, 1.165) is 51.4 Å². The second-order valence-electron chi connectivity index (χ2n) is 14.0. The van der Waals surface area contributed by atoms with Crippen molar-refractivity contribution in [3.05, 3.63) is 58.7 Å². The minimum atomic E-state index is -0.791. The largest absolute Gasteiger partial charge is 0.507 e. The van der Waals surface area contributed by atoms with Crippen LogP contribution in [0.25, 0.3) is 0 Å². The number of phenols is 2. The molecule has 2 aromatic carbocycles. The highest BCUT2D eigenvalue weighted by molar-refractivity contribution is 5.99. The van der Waals surface area contributed by atoms with Crippen molar-refractivity contribution >= 4 is 23.6 Å². The number of nitrogens with one attached hydrogen (secondary N) is 4. The molecular weight excluding hydrogens is 656 g/mol. The van der Waals surface area contributed by atoms with E-state index < -0.39 is 35.5 Å². The molecule has 2 rings (SSSR count). The van der Waals surface area contributed by atoms with E-state index in [1.54, 1.807) is 18.2 Å². The van der Waals surface area contributed by atoms with Crippen LogP contribution in [0.4, 0.5) is 0 Å². The Bertz CT molecular complexity index is 1380. The summed E-state index contributed by atoms with van der Waals surface area (Å²) in [5.41, 5.74) is 11.4. The van der Waals surface area contributed by atoms with Crippen LogP contribution in [0.3, 0.4) is 0 Å². The van der Waals surface area contributed by atoms with Crippen molar-refractivity contribution in [2.24, 2.45) is 11.8 Å². The topological polar surface area (TPSA) is 157 Å². The quantitative estimate of drug-likeness (QED) is 0.0445. The van der Waals surface area contributed by atoms with Gasteiger partial charge >= 0.3 is 0 Å². The average Bonchev–Trinajstić information content (AvgIpc) is 3.14. The van der Waals surface area contributed by atoms with Crippen LogP contribution in [0.15, 0.2) is 36.4 Å². The third kappa shape index (κ3) is 15.3. The lowest BCUT2D eigenvalue weighted by molar-refractivity contribution is -0.136. The van der Waals surface area contributed by atoms with Crippen LogP contribution in [-0.2, 0) is 22.4 Å². The fourth-order valence-electron chi connectivity index (χ4n) is 6.66. The molecule has 4 amide bonds. The first-order valence-corrected chi connectivity index (χ1v) is 20.0. The summed E-state index contributed by atoms with van der Waals surface area (Å²) in [5.74, 6) is -4.12. The zero-order valence-corrected chi connectivity index (χ0v) is 32.3. The Labute approximate surface area is 312 Å². The molecule has 290 valence electrons. The SMILES string of the molecule is CCCCCCCCc1cccc(C(=O)NNC(=O)C(CCC)C(CCCCC)C(=O)NNC(=O)c2cccc(CCCCCCCC)c2O)c1O. The first kappa shape index (κ1) is 44.1. The van der Waals surface area contributed by atoms with Crippen LogP contribution >= 0.6 is 0 Å². The van der Waals surface area contributed by atoms with Gasteiger partial charge < -0.3 is 10.2 Å². The number of rotatable bonds is 25. The summed E-state index contributed by atoms with van der Waals surface area (Å²) < 4.78 is 0. The average molecular weight is 723 g/mol. The van der Waals surface area contributed by atoms with E-state index in [4.69, 9.17) is 0 Å². The van der Waals surface area contributed by atoms with Crippen LogP contribution < -0.4 is 21.7 Å². The maximum absolute atomic E-state index is 13.6. The number of amides is 4. The third-order valence-electron chi connectivity index (χ3n) is 9.80. The van der Waals surface area contributed by atoms with E-state index in [-0.39, 0.29) is 22.6 Å². The molecule has 0 saturated carbocycles. The highest BCUT2D eigenvalue weighted by Crippen LogP contribution is 2.27. The second kappa shape index (κ2) is 25.8. The standard InChI is InChI=1S/C42H66N4O6/c1-5-9-12-14-16-19-24-31-26-21-29-35(37(31)47)41(51)45-43-39(49)33(23-8-4)34(28-18-11-7-3)40(50)44-46-42(52)36-30-22-27-32(38(36)48)25-20-17-15-13-10-6-2/h21-22,26-27,29-30,33-34,47-48H,5-20,23-25,28H2,1-4H3,(H,43,49)(H,44,50)(H,45,51)(H,46,52). The van der Waals surface area contributed by atoms with E-state index in [0.29, 0.717) is 49.7 Å². The van der Waals surface area contributed by atoms with Gasteiger partial charge in [0.05, 0.1) is 23.0 Å². The van der Waals surface area contributed by atoms with Gasteiger partial charge in [0.1, 0.15) is 11.5 Å². The van der Waals surface area contributed by atoms with Crippen molar-refractivity contribution in [2.45, 2.75) is 156 Å². The fourth-order valence-corrected chi connectivity index (χ4v) is 6.66. The summed E-state index contributed by atoms with van der Waals surface area (Å²) in [7, 11) is 0. The summed E-state index contributed by atoms with van der Waals surface area (Å²) in [6.45, 7) is 8.32. The van der Waals surface area contributed by atoms with Crippen molar-refractivity contribution in [1.82, 2.24) is 21.7 Å². The molecule has 0 aromatic heterocycles. The zero-order chi connectivity index (χ0) is 38.1. The predicted molar refractivity (Wildman–Crippen MR) is 208 cm³/mol. The number of carbonyl (C=O) groups excluding carboxylic acids is 4. The van der Waals surface area contributed by atoms with Crippen molar-refractivity contribution in [3.8, 4) is 11.5 Å². The highest BCUT2D eigenvalue weighted by Gasteiger charge is 2.33. The molecule has 6 N–H and O–H groups in total. The monoisotopic (exact) mass is 722 g/mol. The summed E-state index contributed by atoms with van der Waals surface area (Å²) in [6.07, 6.45) is 18.5. The van der Waals surface area contributed by atoms with Gasteiger partial charge in [-0.1, -0.05) is 142 Å². The molecule has 2 aromatic rings. The number of hydrogen-bond acceptors (Lipinski definition) is 6. The number of benzene rings is 2. The number of phenolic OH excluding ortho intramolecular Hbond substituents is 2. The number of hydrazine groups is 2. The third-order valence-corrected chi connectivity index (χ3v) is 9.80. The normalized spacial score (nSPS) is 12.2. The van der Waals surface area contributed by atoms with Gasteiger partial charge in [0.2, 0.25) is 11.8 Å². The molecule has 0 spiro atoms. The number of carbonyl (C=O) groups is 4. The second-order valence-corrected chi connectivity index (χ2v) is 14.0. The molecule has 2 unspecified atom stereocenters. The number of aryl methyl sites for hydroxylation is 2. The lowest BCUT2D eigenvalue weighted by atomic mass is 9.83. The molecular formula is C42H66N4O6. The van der Waals surface area contributed by atoms with E-state index in [1.165, 1.54) is 50.7 Å². The molecule has 10 heteroatoms. The Morgan fingerprint density at radius 2 is 0.865 bits per heavy atom. The van der Waals surface area contributed by atoms with Crippen molar-refractivity contribution in [1.29, 1.82) is 0 Å². The Hall–Kier alpha value is -4.08. The fraction of sp³-hybridized carbons (Fsp3) is 0.619. The molecule has 0 bridgehead atoms. The maximum atomic E-state index is 13.6. The molecule has 52 heavy (non-hydrogen) atoms. The first-order valence-electron chi connectivity index (χ1n) is 20.0. The van der Waals surface area contributed by atoms with Gasteiger partial charge in [-0.25, -0.2) is 0 Å². The number of aromatic hydroxyl groups is 2. The molecule has 0 aliphatic carbocycles. The van der Waals surface area contributed by atoms with Crippen LogP contribution in [0.2, 0.25) is 0 Å². The molecule has 10 nitrogen and oxygen atoms in total. The number of unbranched alkanes of at least 4 members (excludes halogenated alkanes) is 12. The van der Waals surface area contributed by atoms with Gasteiger partial charge in [-0.15, -0.1) is 0 Å². The molecule has 2 atom stereocenters. The van der Waals surface area contributed by atoms with E-state index in [1.807, 2.05) is 19.9 Å². The molecule has 0 saturated heterocycles. The molecule has 0 fully saturated rings. The Morgan fingerprint density at radius 1 is 0.481 bits per heavy atom. The van der Waals surface area contributed by atoms with Gasteiger partial charge in [0.15, 0.2) is 0 Å². The lowest BCUT2D eigenvalue weighted by Crippen LogP contribution is -2.51. The van der Waals surface area contributed by atoms with E-state index in [2.05, 4.69) is 35.6 Å². The Kier molecular flexibility index (Phi) is 21.9. The first-order chi connectivity index (χ1) is 25.2. The Balaban J connectivity index is 2.06. The molecule has 0 aliphatic heterocycles. The number of hydrogen-bond donors (Lipinski definition) is 6.